The molecule has 6 aliphatic rings. The molecule has 5 aliphatic carbocycles. The van der Waals surface area contributed by atoms with Crippen LogP contribution in [-0.2, 0) is 9.53 Å². The standard InChI is InChI=1S/C30H48O2/c1-25(2)12-14-30-15-13-28(6)20(23(30)24(25)32-18-30)8-9-22-27(5)17-19(31)16-26(3,4)21(27)10-11-29(22,28)7/h20-24H,8-18H2,1-7H3/t20-,21+,22-,23+,24-,27+,28-,29-,30-/m1/s1. The quantitative estimate of drug-likeness (QED) is 0.391. The van der Waals surface area contributed by atoms with E-state index >= 15 is 0 Å². The lowest BCUT2D eigenvalue weighted by molar-refractivity contribution is -0.240. The summed E-state index contributed by atoms with van der Waals surface area (Å²) in [7, 11) is 0. The van der Waals surface area contributed by atoms with Crippen LogP contribution >= 0.6 is 0 Å². The van der Waals surface area contributed by atoms with E-state index in [0.29, 0.717) is 45.4 Å². The van der Waals surface area contributed by atoms with Gasteiger partial charge in [-0.3, -0.25) is 4.79 Å². The Balaban J connectivity index is 1.41. The summed E-state index contributed by atoms with van der Waals surface area (Å²) in [6, 6.07) is 0. The Hall–Kier alpha value is -0.370. The molecule has 180 valence electrons. The average molecular weight is 441 g/mol. The largest absolute Gasteiger partial charge is 0.377 e. The molecule has 0 aromatic carbocycles. The number of fused-ring (bicyclic) bond motifs is 5. The molecule has 0 N–H and O–H groups in total. The van der Waals surface area contributed by atoms with Gasteiger partial charge in [0, 0.05) is 12.8 Å². The number of hydrogen-bond acceptors (Lipinski definition) is 2. The van der Waals surface area contributed by atoms with Gasteiger partial charge in [0.2, 0.25) is 0 Å². The number of rotatable bonds is 0. The third-order valence-corrected chi connectivity index (χ3v) is 13.6. The lowest BCUT2D eigenvalue weighted by Gasteiger charge is -2.72. The van der Waals surface area contributed by atoms with Crippen molar-refractivity contribution < 1.29 is 9.53 Å². The molecule has 2 nitrogen and oxygen atoms in total. The van der Waals surface area contributed by atoms with E-state index in [-0.39, 0.29) is 10.8 Å². The highest BCUT2D eigenvalue weighted by molar-refractivity contribution is 5.81. The van der Waals surface area contributed by atoms with Crippen LogP contribution in [0.1, 0.15) is 113 Å². The van der Waals surface area contributed by atoms with Crippen LogP contribution in [0.2, 0.25) is 0 Å². The lowest BCUT2D eigenvalue weighted by atomic mass is 9.31. The van der Waals surface area contributed by atoms with Crippen molar-refractivity contribution in [3.05, 3.63) is 0 Å². The van der Waals surface area contributed by atoms with E-state index in [4.69, 9.17) is 4.74 Å². The van der Waals surface area contributed by atoms with Crippen LogP contribution in [0, 0.1) is 56.2 Å². The smallest absolute Gasteiger partial charge is 0.134 e. The number of carbonyl (C=O) groups is 1. The van der Waals surface area contributed by atoms with Crippen LogP contribution in [0.5, 0.6) is 0 Å². The Labute approximate surface area is 197 Å². The molecule has 1 saturated heterocycles. The first-order chi connectivity index (χ1) is 14.8. The van der Waals surface area contributed by atoms with Gasteiger partial charge in [-0.1, -0.05) is 48.5 Å². The number of carbonyl (C=O) groups excluding carboxylic acids is 1. The molecule has 1 heterocycles. The summed E-state index contributed by atoms with van der Waals surface area (Å²) in [5, 5.41) is 0. The molecule has 0 unspecified atom stereocenters. The van der Waals surface area contributed by atoms with Crippen LogP contribution in [0.4, 0.5) is 0 Å². The SMILES string of the molecule is CC1(C)CC[C@]23CC[C@]4(C)[C@H](CC[C@@H]5[C@@]6(C)CC(=O)CC(C)(C)[C@@H]6CC[C@]54C)[C@H]2[C@H]1OC3. The molecular weight excluding hydrogens is 392 g/mol. The van der Waals surface area contributed by atoms with E-state index in [9.17, 15) is 4.79 Å². The second-order valence-corrected chi connectivity index (χ2v) is 15.7. The molecular formula is C30H48O2. The number of hydrogen-bond donors (Lipinski definition) is 0. The topological polar surface area (TPSA) is 26.3 Å². The summed E-state index contributed by atoms with van der Waals surface area (Å²) in [4.78, 5) is 13.0. The maximum atomic E-state index is 13.0. The highest BCUT2D eigenvalue weighted by Crippen LogP contribution is 2.77. The zero-order valence-corrected chi connectivity index (χ0v) is 22.0. The fraction of sp³-hybridized carbons (Fsp3) is 0.967. The van der Waals surface area contributed by atoms with Gasteiger partial charge in [-0.25, -0.2) is 0 Å². The van der Waals surface area contributed by atoms with Crippen LogP contribution in [0.15, 0.2) is 0 Å². The number of ether oxygens (including phenoxy) is 1. The highest BCUT2D eigenvalue weighted by atomic mass is 16.5. The zero-order valence-electron chi connectivity index (χ0n) is 22.0. The number of Topliss-reactive ketones (excluding diaryl/α,β-unsaturated/α-hetero) is 1. The Morgan fingerprint density at radius 3 is 2.19 bits per heavy atom. The lowest BCUT2D eigenvalue weighted by Crippen LogP contribution is -2.67. The van der Waals surface area contributed by atoms with Crippen molar-refractivity contribution in [3.63, 3.8) is 0 Å². The summed E-state index contributed by atoms with van der Waals surface area (Å²) in [5.41, 5.74) is 1.90. The molecule has 0 radical (unpaired) electrons. The summed E-state index contributed by atoms with van der Waals surface area (Å²) in [6.45, 7) is 18.7. The van der Waals surface area contributed by atoms with Gasteiger partial charge in [0.1, 0.15) is 5.78 Å². The van der Waals surface area contributed by atoms with Crippen LogP contribution < -0.4 is 0 Å². The molecule has 1 aliphatic heterocycles. The van der Waals surface area contributed by atoms with Crippen molar-refractivity contribution >= 4 is 5.78 Å². The fourth-order valence-electron chi connectivity index (χ4n) is 12.0. The van der Waals surface area contributed by atoms with Crippen molar-refractivity contribution in [2.24, 2.45) is 56.2 Å². The van der Waals surface area contributed by atoms with Crippen LogP contribution in [-0.4, -0.2) is 18.5 Å². The van der Waals surface area contributed by atoms with Crippen molar-refractivity contribution in [1.82, 2.24) is 0 Å². The second kappa shape index (κ2) is 6.24. The monoisotopic (exact) mass is 440 g/mol. The Bertz CT molecular complexity index is 842. The van der Waals surface area contributed by atoms with Gasteiger partial charge in [0.25, 0.3) is 0 Å². The minimum Gasteiger partial charge on any atom is -0.377 e. The van der Waals surface area contributed by atoms with E-state index in [1.165, 1.54) is 51.4 Å². The minimum atomic E-state index is 0.167. The molecule has 6 fully saturated rings. The van der Waals surface area contributed by atoms with E-state index in [0.717, 1.165) is 31.3 Å². The summed E-state index contributed by atoms with van der Waals surface area (Å²) in [5.74, 6) is 3.50. The second-order valence-electron chi connectivity index (χ2n) is 15.7. The average Bonchev–Trinajstić information content (AvgIpc) is 3.00. The molecule has 2 heteroatoms. The first-order valence-corrected chi connectivity index (χ1v) is 13.9. The molecule has 0 aromatic heterocycles. The summed E-state index contributed by atoms with van der Waals surface area (Å²) < 4.78 is 6.70. The third kappa shape index (κ3) is 2.45. The van der Waals surface area contributed by atoms with Gasteiger partial charge in [0.05, 0.1) is 12.7 Å². The molecule has 0 amide bonds. The first-order valence-electron chi connectivity index (χ1n) is 13.9. The van der Waals surface area contributed by atoms with Crippen molar-refractivity contribution in [1.29, 1.82) is 0 Å². The van der Waals surface area contributed by atoms with Crippen molar-refractivity contribution in [2.75, 3.05) is 6.61 Å². The van der Waals surface area contributed by atoms with Gasteiger partial charge >= 0.3 is 0 Å². The van der Waals surface area contributed by atoms with E-state index in [1.54, 1.807) is 0 Å². The predicted octanol–water partition coefficient (Wildman–Crippen LogP) is 7.45. The van der Waals surface area contributed by atoms with Gasteiger partial charge in [0.15, 0.2) is 0 Å². The Kier molecular flexibility index (Phi) is 4.31. The molecule has 0 aromatic rings. The Morgan fingerprint density at radius 1 is 0.719 bits per heavy atom. The van der Waals surface area contributed by atoms with Crippen LogP contribution in [0.3, 0.4) is 0 Å². The van der Waals surface area contributed by atoms with Crippen molar-refractivity contribution in [3.8, 4) is 0 Å². The maximum absolute atomic E-state index is 13.0. The molecule has 0 spiro atoms. The fourth-order valence-corrected chi connectivity index (χ4v) is 12.0. The molecule has 32 heavy (non-hydrogen) atoms. The first kappa shape index (κ1) is 22.1. The zero-order chi connectivity index (χ0) is 22.9. The Morgan fingerprint density at radius 2 is 1.44 bits per heavy atom. The third-order valence-electron chi connectivity index (χ3n) is 13.6. The van der Waals surface area contributed by atoms with Gasteiger partial charge in [-0.15, -0.1) is 0 Å². The van der Waals surface area contributed by atoms with E-state index < -0.39 is 0 Å². The molecule has 5 saturated carbocycles. The molecule has 6 rings (SSSR count). The predicted molar refractivity (Wildman–Crippen MR) is 129 cm³/mol. The van der Waals surface area contributed by atoms with Gasteiger partial charge in [-0.2, -0.15) is 0 Å². The van der Waals surface area contributed by atoms with Crippen molar-refractivity contribution in [2.45, 2.75) is 119 Å². The van der Waals surface area contributed by atoms with Gasteiger partial charge < -0.3 is 4.74 Å². The summed E-state index contributed by atoms with van der Waals surface area (Å²) in [6.07, 6.45) is 13.0. The van der Waals surface area contributed by atoms with Crippen LogP contribution in [0.25, 0.3) is 0 Å². The number of ketones is 1. The maximum Gasteiger partial charge on any atom is 0.134 e. The molecule has 9 atom stereocenters. The van der Waals surface area contributed by atoms with E-state index in [1.807, 2.05) is 0 Å². The normalized spacial score (nSPS) is 57.7. The van der Waals surface area contributed by atoms with E-state index in [2.05, 4.69) is 48.5 Å². The van der Waals surface area contributed by atoms with Gasteiger partial charge in [-0.05, 0) is 108 Å². The highest BCUT2D eigenvalue weighted by Gasteiger charge is 2.72. The summed E-state index contributed by atoms with van der Waals surface area (Å²) >= 11 is 0. The molecule has 2 bridgehead atoms. The minimum absolute atomic E-state index is 0.167.